The van der Waals surface area contributed by atoms with E-state index in [-0.39, 0.29) is 0 Å². The highest BCUT2D eigenvalue weighted by Gasteiger charge is 2.91. The lowest BCUT2D eigenvalue weighted by atomic mass is 9.08. The maximum Gasteiger partial charge on any atom is -0.0175 e. The molecule has 13 atom stereocenters. The SMILES string of the molecule is C1CCC2CC3C2C2C3C3C2C2C3C3CC4CC(CC1)C432. The van der Waals surface area contributed by atoms with Crippen molar-refractivity contribution in [3.05, 3.63) is 0 Å². The zero-order valence-electron chi connectivity index (χ0n) is 13.1. The molecule has 8 saturated carbocycles. The van der Waals surface area contributed by atoms with Gasteiger partial charge >= 0.3 is 0 Å². The zero-order valence-corrected chi connectivity index (χ0v) is 13.1. The average molecular weight is 280 g/mol. The summed E-state index contributed by atoms with van der Waals surface area (Å²) < 4.78 is 0. The standard InChI is InChI=1S/C21H28/c1-2-4-9-6-12-14(9)17-15(12)18-16-13-8-11-7-10(5-3-1)21(11,13)20(16)19(17)18/h9-20H,1-8H2. The van der Waals surface area contributed by atoms with Gasteiger partial charge in [0.2, 0.25) is 0 Å². The molecule has 0 aromatic heterocycles. The molecule has 0 bridgehead atoms. The van der Waals surface area contributed by atoms with Crippen molar-refractivity contribution < 1.29 is 0 Å². The molecule has 8 aliphatic carbocycles. The Kier molecular flexibility index (Phi) is 1.47. The summed E-state index contributed by atoms with van der Waals surface area (Å²) in [4.78, 5) is 0. The summed E-state index contributed by atoms with van der Waals surface area (Å²) in [7, 11) is 0. The van der Waals surface area contributed by atoms with Gasteiger partial charge in [-0.1, -0.05) is 25.7 Å². The minimum Gasteiger partial charge on any atom is -0.0533 e. The van der Waals surface area contributed by atoms with Crippen LogP contribution >= 0.6 is 0 Å². The van der Waals surface area contributed by atoms with Crippen LogP contribution in [0.2, 0.25) is 0 Å². The van der Waals surface area contributed by atoms with Crippen LogP contribution in [0.3, 0.4) is 0 Å². The van der Waals surface area contributed by atoms with E-state index in [0.29, 0.717) is 0 Å². The van der Waals surface area contributed by atoms with Crippen molar-refractivity contribution in [3.8, 4) is 0 Å². The summed E-state index contributed by atoms with van der Waals surface area (Å²) in [6, 6.07) is 0. The molecule has 1 spiro atoms. The van der Waals surface area contributed by atoms with Crippen LogP contribution < -0.4 is 0 Å². The highest BCUT2D eigenvalue weighted by Crippen LogP contribution is 2.96. The first-order valence-electron chi connectivity index (χ1n) is 10.4. The van der Waals surface area contributed by atoms with Gasteiger partial charge in [-0.3, -0.25) is 0 Å². The lowest BCUT2D eigenvalue weighted by molar-refractivity contribution is -0.491. The minimum absolute atomic E-state index is 1.00. The minimum atomic E-state index is 1.00. The third-order valence-corrected chi connectivity index (χ3v) is 11.4. The predicted octanol–water partition coefficient (Wildman–Crippen LogP) is 4.60. The fourth-order valence-corrected chi connectivity index (χ4v) is 11.2. The smallest absolute Gasteiger partial charge is 0.0175 e. The second kappa shape index (κ2) is 2.89. The molecule has 21 heavy (non-hydrogen) atoms. The molecule has 0 saturated heterocycles. The van der Waals surface area contributed by atoms with E-state index in [0.717, 1.165) is 5.41 Å². The molecule has 0 aliphatic heterocycles. The third kappa shape index (κ3) is 0.766. The first-order chi connectivity index (χ1) is 10.4. The molecule has 0 amide bonds. The van der Waals surface area contributed by atoms with Crippen molar-refractivity contribution in [1.82, 2.24) is 0 Å². The van der Waals surface area contributed by atoms with Crippen LogP contribution in [0.5, 0.6) is 0 Å². The van der Waals surface area contributed by atoms with Crippen molar-refractivity contribution in [2.24, 2.45) is 76.4 Å². The third-order valence-electron chi connectivity index (χ3n) is 11.4. The molecule has 8 aliphatic rings. The summed E-state index contributed by atoms with van der Waals surface area (Å²) in [6.07, 6.45) is 13.0. The summed E-state index contributed by atoms with van der Waals surface area (Å²) in [5.74, 6) is 15.2. The Balaban J connectivity index is 1.21. The molecule has 0 aromatic rings. The van der Waals surface area contributed by atoms with Crippen molar-refractivity contribution >= 4 is 0 Å². The number of hydrogen-bond acceptors (Lipinski definition) is 0. The van der Waals surface area contributed by atoms with Gasteiger partial charge in [0.25, 0.3) is 0 Å². The zero-order chi connectivity index (χ0) is 13.1. The molecule has 0 N–H and O–H groups in total. The van der Waals surface area contributed by atoms with Crippen molar-refractivity contribution in [1.29, 1.82) is 0 Å². The molecule has 8 fully saturated rings. The Morgan fingerprint density at radius 3 is 2.48 bits per heavy atom. The van der Waals surface area contributed by atoms with E-state index < -0.39 is 0 Å². The lowest BCUT2D eigenvalue weighted by Crippen LogP contribution is -2.92. The largest absolute Gasteiger partial charge is 0.0533 e. The second-order valence-electron chi connectivity index (χ2n) is 10.8. The highest BCUT2D eigenvalue weighted by atomic mass is 15.0. The number of fused-ring (bicyclic) bond motifs is 4. The van der Waals surface area contributed by atoms with E-state index in [1.54, 1.807) is 51.4 Å². The molecule has 8 rings (SSSR count). The van der Waals surface area contributed by atoms with Crippen molar-refractivity contribution in [2.45, 2.75) is 51.4 Å². The average Bonchev–Trinajstić information content (AvgIpc) is 2.43. The van der Waals surface area contributed by atoms with Gasteiger partial charge in [-0.15, -0.1) is 0 Å². The van der Waals surface area contributed by atoms with Gasteiger partial charge in [0.05, 0.1) is 0 Å². The molecule has 0 aromatic carbocycles. The summed E-state index contributed by atoms with van der Waals surface area (Å²) in [6.45, 7) is 0. The van der Waals surface area contributed by atoms with Gasteiger partial charge in [-0.25, -0.2) is 0 Å². The molecule has 13 unspecified atom stereocenters. The summed E-state index contributed by atoms with van der Waals surface area (Å²) in [5.41, 5.74) is 1.00. The van der Waals surface area contributed by atoms with Crippen molar-refractivity contribution in [2.75, 3.05) is 0 Å². The van der Waals surface area contributed by atoms with Gasteiger partial charge in [0.15, 0.2) is 0 Å². The predicted molar refractivity (Wildman–Crippen MR) is 81.2 cm³/mol. The van der Waals surface area contributed by atoms with Gasteiger partial charge in [0, 0.05) is 0 Å². The van der Waals surface area contributed by atoms with Crippen LogP contribution in [0, 0.1) is 76.4 Å². The normalized spacial score (nSPS) is 80.0. The van der Waals surface area contributed by atoms with Gasteiger partial charge in [-0.05, 0) is 102 Å². The molecular formula is C21H28. The van der Waals surface area contributed by atoms with Gasteiger partial charge in [0.1, 0.15) is 0 Å². The first kappa shape index (κ1) is 10.7. The van der Waals surface area contributed by atoms with Gasteiger partial charge in [-0.2, -0.15) is 0 Å². The Hall–Kier alpha value is 0. The second-order valence-corrected chi connectivity index (χ2v) is 10.8. The molecule has 0 nitrogen and oxygen atoms in total. The Morgan fingerprint density at radius 1 is 0.619 bits per heavy atom. The molecular weight excluding hydrogens is 252 g/mol. The van der Waals surface area contributed by atoms with Crippen LogP contribution in [0.15, 0.2) is 0 Å². The molecule has 112 valence electrons. The quantitative estimate of drug-likeness (QED) is 0.608. The van der Waals surface area contributed by atoms with E-state index in [4.69, 9.17) is 0 Å². The maximum atomic E-state index is 1.69. The lowest BCUT2D eigenvalue weighted by Gasteiger charge is -2.96. The Labute approximate surface area is 128 Å². The van der Waals surface area contributed by atoms with E-state index in [9.17, 15) is 0 Å². The topological polar surface area (TPSA) is 0 Å². The maximum absolute atomic E-state index is 1.69. The number of hydrogen-bond donors (Lipinski definition) is 0. The van der Waals surface area contributed by atoms with E-state index in [2.05, 4.69) is 0 Å². The van der Waals surface area contributed by atoms with Gasteiger partial charge < -0.3 is 0 Å². The first-order valence-corrected chi connectivity index (χ1v) is 10.4. The van der Waals surface area contributed by atoms with Crippen molar-refractivity contribution in [3.63, 3.8) is 0 Å². The van der Waals surface area contributed by atoms with E-state index in [1.807, 2.05) is 0 Å². The van der Waals surface area contributed by atoms with Crippen LogP contribution in [0.1, 0.15) is 51.4 Å². The monoisotopic (exact) mass is 280 g/mol. The van der Waals surface area contributed by atoms with Crippen LogP contribution in [-0.4, -0.2) is 0 Å². The Morgan fingerprint density at radius 2 is 1.52 bits per heavy atom. The van der Waals surface area contributed by atoms with Crippen LogP contribution in [-0.2, 0) is 0 Å². The fourth-order valence-electron chi connectivity index (χ4n) is 11.2. The van der Waals surface area contributed by atoms with Crippen LogP contribution in [0.4, 0.5) is 0 Å². The molecule has 0 heterocycles. The van der Waals surface area contributed by atoms with Crippen LogP contribution in [0.25, 0.3) is 0 Å². The van der Waals surface area contributed by atoms with E-state index >= 15 is 0 Å². The highest BCUT2D eigenvalue weighted by molar-refractivity contribution is 5.38. The Bertz CT molecular complexity index is 544. The fraction of sp³-hybridized carbons (Fsp3) is 1.00. The summed E-state index contributed by atoms with van der Waals surface area (Å²) in [5, 5.41) is 0. The number of rotatable bonds is 0. The summed E-state index contributed by atoms with van der Waals surface area (Å²) >= 11 is 0. The van der Waals surface area contributed by atoms with E-state index in [1.165, 1.54) is 71.0 Å². The molecule has 0 radical (unpaired) electrons. The molecule has 0 heteroatoms.